The number of carbonyl (C=O) groups is 1. The van der Waals surface area contributed by atoms with Crippen LogP contribution in [-0.2, 0) is 4.79 Å². The molecule has 0 spiro atoms. The molecule has 0 bridgehead atoms. The van der Waals surface area contributed by atoms with Gasteiger partial charge < -0.3 is 24.6 Å². The van der Waals surface area contributed by atoms with Crippen LogP contribution in [0, 0.1) is 0 Å². The van der Waals surface area contributed by atoms with Gasteiger partial charge in [-0.2, -0.15) is 0 Å². The summed E-state index contributed by atoms with van der Waals surface area (Å²) in [6.07, 6.45) is 17.3. The van der Waals surface area contributed by atoms with Crippen molar-refractivity contribution in [2.24, 2.45) is 0 Å². The first-order valence-corrected chi connectivity index (χ1v) is 11.5. The highest BCUT2D eigenvalue weighted by Crippen LogP contribution is 2.35. The number of rotatable bonds is 18. The summed E-state index contributed by atoms with van der Waals surface area (Å²) in [5.41, 5.74) is -1.73. The van der Waals surface area contributed by atoms with Crippen LogP contribution < -0.4 is 5.11 Å². The number of unbranched alkanes of at least 4 members (excludes halogenated alkanes) is 13. The maximum atomic E-state index is 11.8. The van der Waals surface area contributed by atoms with Crippen molar-refractivity contribution in [2.75, 3.05) is 21.1 Å². The van der Waals surface area contributed by atoms with Gasteiger partial charge in [-0.05, 0) is 13.3 Å². The Hall–Kier alpha value is -0.650. The molecule has 0 aromatic heterocycles. The van der Waals surface area contributed by atoms with Crippen LogP contribution in [0.4, 0.5) is 0 Å². The molecule has 0 saturated carbocycles. The number of carboxylic acids is 1. The van der Waals surface area contributed by atoms with Crippen LogP contribution in [0.15, 0.2) is 0 Å². The maximum absolute atomic E-state index is 11.8. The number of hydrogen-bond acceptors (Lipinski definition) is 4. The van der Waals surface area contributed by atoms with E-state index in [9.17, 15) is 20.1 Å². The monoisotopic (exact) mass is 401 g/mol. The molecule has 5 nitrogen and oxygen atoms in total. The van der Waals surface area contributed by atoms with Crippen LogP contribution in [0.5, 0.6) is 0 Å². The van der Waals surface area contributed by atoms with Crippen molar-refractivity contribution in [1.29, 1.82) is 0 Å². The molecular formula is C23H47NO4. The fourth-order valence-electron chi connectivity index (χ4n) is 4.35. The van der Waals surface area contributed by atoms with E-state index in [1.807, 2.05) is 0 Å². The first-order chi connectivity index (χ1) is 13.0. The van der Waals surface area contributed by atoms with Crippen molar-refractivity contribution < 1.29 is 24.6 Å². The largest absolute Gasteiger partial charge is 0.544 e. The smallest absolute Gasteiger partial charge is 0.222 e. The van der Waals surface area contributed by atoms with Crippen LogP contribution >= 0.6 is 0 Å². The van der Waals surface area contributed by atoms with E-state index in [2.05, 4.69) is 6.92 Å². The van der Waals surface area contributed by atoms with E-state index in [1.54, 1.807) is 21.1 Å². The Morgan fingerprint density at radius 2 is 1.07 bits per heavy atom. The van der Waals surface area contributed by atoms with E-state index >= 15 is 0 Å². The molecule has 0 heterocycles. The predicted molar refractivity (Wildman–Crippen MR) is 114 cm³/mol. The zero-order valence-electron chi connectivity index (χ0n) is 19.3. The van der Waals surface area contributed by atoms with Gasteiger partial charge in [-0.15, -0.1) is 0 Å². The van der Waals surface area contributed by atoms with E-state index < -0.39 is 17.3 Å². The van der Waals surface area contributed by atoms with Gasteiger partial charge in [0.15, 0.2) is 5.54 Å². The van der Waals surface area contributed by atoms with Gasteiger partial charge in [0.2, 0.25) is 5.79 Å². The minimum atomic E-state index is -2.33. The average Bonchev–Trinajstić information content (AvgIpc) is 2.55. The first kappa shape index (κ1) is 27.4. The van der Waals surface area contributed by atoms with E-state index in [1.165, 1.54) is 64.2 Å². The highest BCUT2D eigenvalue weighted by molar-refractivity contribution is 5.76. The molecule has 0 fully saturated rings. The summed E-state index contributed by atoms with van der Waals surface area (Å²) in [6.45, 7) is 3.40. The fourth-order valence-corrected chi connectivity index (χ4v) is 4.35. The molecule has 168 valence electrons. The lowest BCUT2D eigenvalue weighted by atomic mass is 9.81. The van der Waals surface area contributed by atoms with E-state index in [0.29, 0.717) is 6.42 Å². The van der Waals surface area contributed by atoms with Crippen molar-refractivity contribution in [2.45, 2.75) is 121 Å². The Kier molecular flexibility index (Phi) is 13.2. The predicted octanol–water partition coefficient (Wildman–Crippen LogP) is 3.75. The molecular weight excluding hydrogens is 354 g/mol. The second-order valence-corrected chi connectivity index (χ2v) is 9.53. The van der Waals surface area contributed by atoms with E-state index in [4.69, 9.17) is 0 Å². The zero-order chi connectivity index (χ0) is 21.7. The number of likely N-dealkylation sites (N-methyl/N-ethyl adjacent to an activating group) is 1. The summed E-state index contributed by atoms with van der Waals surface area (Å²) >= 11 is 0. The van der Waals surface area contributed by atoms with Gasteiger partial charge in [0, 0.05) is 6.42 Å². The Labute approximate surface area is 173 Å². The Morgan fingerprint density at radius 1 is 0.750 bits per heavy atom. The second kappa shape index (κ2) is 13.6. The molecule has 0 aliphatic rings. The van der Waals surface area contributed by atoms with E-state index in [-0.39, 0.29) is 10.9 Å². The van der Waals surface area contributed by atoms with Gasteiger partial charge in [-0.1, -0.05) is 90.4 Å². The van der Waals surface area contributed by atoms with Crippen molar-refractivity contribution >= 4 is 5.97 Å². The van der Waals surface area contributed by atoms with Gasteiger partial charge in [0.25, 0.3) is 0 Å². The van der Waals surface area contributed by atoms with E-state index in [0.717, 1.165) is 26.2 Å². The number of carbonyl (C=O) groups excluding carboxylic acids is 1. The summed E-state index contributed by atoms with van der Waals surface area (Å²) < 4.78 is -0.0860. The number of quaternary nitrogens is 1. The molecule has 1 unspecified atom stereocenters. The van der Waals surface area contributed by atoms with Crippen molar-refractivity contribution in [3.05, 3.63) is 0 Å². The third kappa shape index (κ3) is 9.23. The number of carboxylic acid groups (broad SMARTS) is 1. The highest BCUT2D eigenvalue weighted by Gasteiger charge is 2.57. The fraction of sp³-hybridized carbons (Fsp3) is 0.957. The lowest BCUT2D eigenvalue weighted by Gasteiger charge is -2.51. The second-order valence-electron chi connectivity index (χ2n) is 9.53. The number of aliphatic carboxylic acids is 1. The average molecular weight is 402 g/mol. The van der Waals surface area contributed by atoms with Crippen molar-refractivity contribution in [3.63, 3.8) is 0 Å². The normalized spacial score (nSPS) is 14.8. The Balaban J connectivity index is 3.95. The minimum Gasteiger partial charge on any atom is -0.544 e. The van der Waals surface area contributed by atoms with Crippen LogP contribution in [0.2, 0.25) is 0 Å². The van der Waals surface area contributed by atoms with Gasteiger partial charge in [-0.25, -0.2) is 0 Å². The standard InChI is InChI=1S/C23H47NO4/c1-6-7-8-9-10-11-12-13-14-15-16-17-18-19-20-23(21(25)26,22(2,27)28)24(3,4)5/h27-28H,6-20H2,1-5H3. The summed E-state index contributed by atoms with van der Waals surface area (Å²) in [7, 11) is 5.01. The summed E-state index contributed by atoms with van der Waals surface area (Å²) in [5.74, 6) is -3.73. The third-order valence-electron chi connectivity index (χ3n) is 6.16. The molecule has 0 amide bonds. The summed E-state index contributed by atoms with van der Waals surface area (Å²) in [6, 6.07) is 0. The van der Waals surface area contributed by atoms with Crippen molar-refractivity contribution in [1.82, 2.24) is 0 Å². The molecule has 0 aromatic rings. The lowest BCUT2D eigenvalue weighted by molar-refractivity contribution is -0.929. The number of nitrogens with zero attached hydrogens (tertiary/aromatic N) is 1. The molecule has 28 heavy (non-hydrogen) atoms. The van der Waals surface area contributed by atoms with Gasteiger partial charge in [0.1, 0.15) is 5.97 Å². The number of hydrogen-bond donors (Lipinski definition) is 2. The zero-order valence-corrected chi connectivity index (χ0v) is 19.3. The first-order valence-electron chi connectivity index (χ1n) is 11.5. The molecule has 0 aliphatic carbocycles. The Morgan fingerprint density at radius 3 is 1.32 bits per heavy atom. The molecule has 0 radical (unpaired) electrons. The van der Waals surface area contributed by atoms with Crippen molar-refractivity contribution in [3.8, 4) is 0 Å². The van der Waals surface area contributed by atoms with Gasteiger partial charge in [-0.3, -0.25) is 0 Å². The molecule has 0 aromatic carbocycles. The number of aliphatic hydroxyl groups is 2. The van der Waals surface area contributed by atoms with Crippen LogP contribution in [0.3, 0.4) is 0 Å². The molecule has 5 heteroatoms. The summed E-state index contributed by atoms with van der Waals surface area (Å²) in [5, 5.41) is 32.1. The van der Waals surface area contributed by atoms with Crippen LogP contribution in [-0.4, -0.2) is 53.1 Å². The molecule has 0 saturated heterocycles. The van der Waals surface area contributed by atoms with Crippen LogP contribution in [0.1, 0.15) is 110 Å². The van der Waals surface area contributed by atoms with Crippen LogP contribution in [0.25, 0.3) is 0 Å². The SMILES string of the molecule is CCCCCCCCCCCCCCCCC(C(=O)[O-])(C(C)(O)O)[N+](C)(C)C. The molecule has 0 rings (SSSR count). The minimum absolute atomic E-state index is 0.0860. The quantitative estimate of drug-likeness (QED) is 0.208. The third-order valence-corrected chi connectivity index (χ3v) is 6.16. The Bertz CT molecular complexity index is 396. The molecule has 0 aliphatic heterocycles. The molecule has 1 atom stereocenters. The van der Waals surface area contributed by atoms with Gasteiger partial charge in [0.05, 0.1) is 21.1 Å². The summed E-state index contributed by atoms with van der Waals surface area (Å²) in [4.78, 5) is 11.8. The highest BCUT2D eigenvalue weighted by atomic mass is 16.5. The lowest BCUT2D eigenvalue weighted by Crippen LogP contribution is -2.75. The topological polar surface area (TPSA) is 80.6 Å². The molecule has 2 N–H and O–H groups in total. The maximum Gasteiger partial charge on any atom is 0.222 e. The van der Waals surface area contributed by atoms with Gasteiger partial charge >= 0.3 is 0 Å².